The lowest BCUT2D eigenvalue weighted by molar-refractivity contribution is 0.0715. The van der Waals surface area contributed by atoms with Crippen molar-refractivity contribution in [1.29, 1.82) is 0 Å². The fourth-order valence-corrected chi connectivity index (χ4v) is 8.73. The smallest absolute Gasteiger partial charge is 0.343 e. The zero-order valence-corrected chi connectivity index (χ0v) is 55.9. The van der Waals surface area contributed by atoms with Crippen LogP contribution in [0.15, 0.2) is 127 Å². The highest BCUT2D eigenvalue weighted by Gasteiger charge is 2.25. The minimum absolute atomic E-state index is 0.0160. The summed E-state index contributed by atoms with van der Waals surface area (Å²) >= 11 is 0. The van der Waals surface area contributed by atoms with Gasteiger partial charge >= 0.3 is 35.8 Å². The molecule has 0 N–H and O–H groups in total. The van der Waals surface area contributed by atoms with E-state index in [1.807, 2.05) is 62.3 Å². The number of hydrogen-bond donors (Lipinski definition) is 0. The van der Waals surface area contributed by atoms with Gasteiger partial charge in [0, 0.05) is 18.2 Å². The fourth-order valence-electron chi connectivity index (χ4n) is 8.73. The van der Waals surface area contributed by atoms with Gasteiger partial charge in [0.15, 0.2) is 34.5 Å². The van der Waals surface area contributed by atoms with E-state index in [-0.39, 0.29) is 67.9 Å². The Morgan fingerprint density at radius 1 is 0.208 bits per heavy atom. The monoisotopic (exact) mass is 1320 g/mol. The zero-order valence-electron chi connectivity index (χ0n) is 55.9. The molecule has 0 amide bonds. The second-order valence-electron chi connectivity index (χ2n) is 21.6. The second kappa shape index (κ2) is 38.1. The van der Waals surface area contributed by atoms with Crippen LogP contribution < -0.4 is 71.1 Å². The van der Waals surface area contributed by atoms with Gasteiger partial charge in [0.2, 0.25) is 17.2 Å². The maximum Gasteiger partial charge on any atom is 0.343 e. The van der Waals surface area contributed by atoms with Gasteiger partial charge in [-0.25, -0.2) is 28.8 Å². The lowest BCUT2D eigenvalue weighted by Crippen LogP contribution is -2.13. The molecule has 7 aromatic rings. The van der Waals surface area contributed by atoms with Crippen LogP contribution in [-0.2, 0) is 0 Å². The van der Waals surface area contributed by atoms with Crippen LogP contribution >= 0.6 is 0 Å². The van der Waals surface area contributed by atoms with Crippen molar-refractivity contribution in [3.63, 3.8) is 0 Å². The van der Waals surface area contributed by atoms with Crippen LogP contribution in [0.5, 0.6) is 86.2 Å². The first-order valence-electron chi connectivity index (χ1n) is 32.6. The topological polar surface area (TPSA) is 241 Å². The predicted octanol–water partition coefficient (Wildman–Crippen LogP) is 16.1. The van der Waals surface area contributed by atoms with Gasteiger partial charge in [0.05, 0.1) is 92.8 Å². The molecule has 0 aliphatic rings. The van der Waals surface area contributed by atoms with Crippen molar-refractivity contribution in [2.45, 2.75) is 120 Å². The number of esters is 6. The minimum Gasteiger partial charge on any atom is -0.490 e. The minimum atomic E-state index is -0.896. The predicted molar refractivity (Wildman–Crippen MR) is 357 cm³/mol. The van der Waals surface area contributed by atoms with Crippen molar-refractivity contribution in [1.82, 2.24) is 0 Å². The van der Waals surface area contributed by atoms with Crippen molar-refractivity contribution in [2.75, 3.05) is 59.5 Å². The molecule has 0 atom stereocenters. The van der Waals surface area contributed by atoms with Gasteiger partial charge in [-0.3, -0.25) is 0 Å². The Labute approximate surface area is 559 Å². The van der Waals surface area contributed by atoms with Crippen LogP contribution in [0.4, 0.5) is 0 Å². The van der Waals surface area contributed by atoms with Crippen LogP contribution in [0.25, 0.3) is 0 Å². The van der Waals surface area contributed by atoms with E-state index in [1.165, 1.54) is 127 Å². The zero-order chi connectivity index (χ0) is 68.8. The van der Waals surface area contributed by atoms with Crippen LogP contribution in [0.2, 0.25) is 0 Å². The average Bonchev–Trinajstić information content (AvgIpc) is 0.869. The van der Waals surface area contributed by atoms with Crippen molar-refractivity contribution in [3.05, 3.63) is 161 Å². The largest absolute Gasteiger partial charge is 0.490 e. The Morgan fingerprint density at radius 3 is 0.562 bits per heavy atom. The van der Waals surface area contributed by atoms with Gasteiger partial charge in [-0.15, -0.1) is 0 Å². The maximum absolute atomic E-state index is 13.9. The van der Waals surface area contributed by atoms with Gasteiger partial charge in [-0.05, 0) is 167 Å². The molecule has 7 rings (SSSR count). The molecule has 96 heavy (non-hydrogen) atoms. The SMILES string of the molecule is CCCOc1cc(C(=O)Oc2ccc(C(=O)Oc3cc(OC(=O)c4ccc(OC(=O)c5cc(OCCC)c(OCCC)c(OCCC)c5)cc4)cc(OC(=O)c4ccc(OC(=O)c5cc(OCCC)c(OCCC)c(OCCC)c5)cc4)c3)cc2)cc(OCCC)c1OCCC. The summed E-state index contributed by atoms with van der Waals surface area (Å²) in [6, 6.07) is 29.6. The molecule has 0 unspecified atom stereocenters. The van der Waals surface area contributed by atoms with Gasteiger partial charge in [0.25, 0.3) is 0 Å². The van der Waals surface area contributed by atoms with E-state index >= 15 is 0 Å². The van der Waals surface area contributed by atoms with Crippen molar-refractivity contribution in [3.8, 4) is 86.2 Å². The third-order valence-corrected chi connectivity index (χ3v) is 13.3. The number of rotatable bonds is 39. The van der Waals surface area contributed by atoms with Crippen LogP contribution in [-0.4, -0.2) is 95.3 Å². The summed E-state index contributed by atoms with van der Waals surface area (Å²) < 4.78 is 88.5. The highest BCUT2D eigenvalue weighted by Crippen LogP contribution is 2.43. The Balaban J connectivity index is 1.11. The van der Waals surface area contributed by atoms with Gasteiger partial charge in [-0.2, -0.15) is 0 Å². The lowest BCUT2D eigenvalue weighted by atomic mass is 10.1. The average molecular weight is 1320 g/mol. The molecule has 0 heterocycles. The number of carbonyl (C=O) groups excluding carboxylic acids is 6. The van der Waals surface area contributed by atoms with E-state index in [0.29, 0.717) is 150 Å². The van der Waals surface area contributed by atoms with E-state index in [4.69, 9.17) is 71.1 Å². The molecule has 0 fully saturated rings. The molecule has 21 nitrogen and oxygen atoms in total. The molecular weight excluding hydrogens is 1240 g/mol. The standard InChI is InChI=1S/C75H84O21/c1-10-31-82-61-40-52(41-62(83-32-11-2)67(61)88-37-16-7)73(79)91-55-25-19-49(20-26-55)70(76)94-58-46-59(95-71(77)50-21-27-56(28-22-50)92-74(80)53-42-63(84-33-12-3)68(89-38-17-8)64(43-53)85-34-13-4)48-60(47-58)96-72(78)51-23-29-57(30-24-51)93-75(81)54-44-65(86-35-14-5)69(90-39-18-9)66(45-54)87-36-15-6/h19-30,40-48H,10-18,31-39H2,1-9H3. The number of carbonyl (C=O) groups is 6. The Kier molecular flexibility index (Phi) is 28.9. The van der Waals surface area contributed by atoms with Gasteiger partial charge in [0.1, 0.15) is 34.5 Å². The lowest BCUT2D eigenvalue weighted by Gasteiger charge is -2.18. The van der Waals surface area contributed by atoms with E-state index in [2.05, 4.69) is 0 Å². The molecule has 510 valence electrons. The second-order valence-corrected chi connectivity index (χ2v) is 21.6. The summed E-state index contributed by atoms with van der Waals surface area (Å²) in [5.41, 5.74) is 0.461. The van der Waals surface area contributed by atoms with Gasteiger partial charge in [-0.1, -0.05) is 62.3 Å². The molecule has 0 radical (unpaired) electrons. The van der Waals surface area contributed by atoms with E-state index in [1.54, 1.807) is 0 Å². The van der Waals surface area contributed by atoms with E-state index in [9.17, 15) is 28.8 Å². The first-order valence-corrected chi connectivity index (χ1v) is 32.6. The molecule has 0 aliphatic heterocycles. The third kappa shape index (κ3) is 21.3. The highest BCUT2D eigenvalue weighted by atomic mass is 16.6. The first-order chi connectivity index (χ1) is 46.6. The molecule has 0 saturated heterocycles. The molecule has 0 aromatic heterocycles. The molecule has 0 saturated carbocycles. The summed E-state index contributed by atoms with van der Waals surface area (Å²) in [6.45, 7) is 21.0. The van der Waals surface area contributed by atoms with E-state index < -0.39 is 35.8 Å². The van der Waals surface area contributed by atoms with Gasteiger partial charge < -0.3 is 71.1 Å². The summed E-state index contributed by atoms with van der Waals surface area (Å²) in [5, 5.41) is 0. The molecule has 7 aromatic carbocycles. The Hall–Kier alpha value is -10.4. The summed E-state index contributed by atoms with van der Waals surface area (Å²) in [6.07, 6.45) is 6.42. The highest BCUT2D eigenvalue weighted by molar-refractivity contribution is 5.96. The quantitative estimate of drug-likeness (QED) is 0.0257. The maximum atomic E-state index is 13.9. The fraction of sp³-hybridized carbons (Fsp3) is 0.360. The van der Waals surface area contributed by atoms with Crippen LogP contribution in [0.3, 0.4) is 0 Å². The Morgan fingerprint density at radius 2 is 0.375 bits per heavy atom. The molecule has 0 bridgehead atoms. The van der Waals surface area contributed by atoms with Crippen molar-refractivity contribution >= 4 is 35.8 Å². The van der Waals surface area contributed by atoms with Crippen LogP contribution in [0.1, 0.15) is 182 Å². The number of hydrogen-bond acceptors (Lipinski definition) is 21. The molecule has 0 spiro atoms. The number of ether oxygens (including phenoxy) is 15. The molecule has 21 heteroatoms. The molecular formula is C75H84O21. The van der Waals surface area contributed by atoms with E-state index in [0.717, 1.165) is 19.3 Å². The Bertz CT molecular complexity index is 3230. The first kappa shape index (κ1) is 73.0. The summed E-state index contributed by atoms with van der Waals surface area (Å²) in [5.74, 6) is -2.08. The number of benzene rings is 7. The van der Waals surface area contributed by atoms with Crippen molar-refractivity contribution < 1.29 is 99.8 Å². The summed E-state index contributed by atoms with van der Waals surface area (Å²) in [4.78, 5) is 82.6. The molecule has 0 aliphatic carbocycles. The normalized spacial score (nSPS) is 10.7. The van der Waals surface area contributed by atoms with Crippen LogP contribution in [0, 0.1) is 0 Å². The third-order valence-electron chi connectivity index (χ3n) is 13.3. The van der Waals surface area contributed by atoms with Crippen molar-refractivity contribution in [2.24, 2.45) is 0 Å². The summed E-state index contributed by atoms with van der Waals surface area (Å²) in [7, 11) is 0.